The van der Waals surface area contributed by atoms with Crippen LogP contribution in [-0.2, 0) is 11.8 Å². The van der Waals surface area contributed by atoms with E-state index >= 15 is 0 Å². The number of rotatable bonds is 4. The molecule has 1 fully saturated rings. The normalized spacial score (nSPS) is 18.8. The van der Waals surface area contributed by atoms with Gasteiger partial charge in [-0.3, -0.25) is 14.9 Å². The molecule has 0 aliphatic carbocycles. The number of hydrogen-bond donors (Lipinski definition) is 1. The van der Waals surface area contributed by atoms with E-state index in [0.717, 1.165) is 6.54 Å². The molecule has 0 saturated carbocycles. The number of nitro groups is 1. The fourth-order valence-electron chi connectivity index (χ4n) is 2.18. The van der Waals surface area contributed by atoms with Crippen molar-refractivity contribution >= 4 is 11.6 Å². The number of likely N-dealkylation sites (N-methyl/N-ethyl adjacent to an activating group) is 1. The van der Waals surface area contributed by atoms with Gasteiger partial charge in [-0.2, -0.15) is 0 Å². The number of carbonyl (C=O) groups is 1. The predicted molar refractivity (Wildman–Crippen MR) is 71.6 cm³/mol. The van der Waals surface area contributed by atoms with Crippen LogP contribution in [-0.4, -0.2) is 59.7 Å². The van der Waals surface area contributed by atoms with E-state index < -0.39 is 4.92 Å². The van der Waals surface area contributed by atoms with Gasteiger partial charge in [0.2, 0.25) is 0 Å². The lowest BCUT2D eigenvalue weighted by atomic mass is 10.2. The Morgan fingerprint density at radius 1 is 1.70 bits per heavy atom. The molecule has 0 bridgehead atoms. The molecule has 0 spiro atoms. The maximum atomic E-state index is 12.3. The molecule has 1 saturated heterocycles. The van der Waals surface area contributed by atoms with Crippen LogP contribution in [0.15, 0.2) is 12.3 Å². The van der Waals surface area contributed by atoms with Gasteiger partial charge in [0.1, 0.15) is 5.69 Å². The summed E-state index contributed by atoms with van der Waals surface area (Å²) in [5, 5.41) is 13.9. The molecular weight excluding hydrogens is 264 g/mol. The lowest BCUT2D eigenvalue weighted by molar-refractivity contribution is -0.384. The summed E-state index contributed by atoms with van der Waals surface area (Å²) in [5.74, 6) is -0.255. The molecule has 1 N–H and O–H groups in total. The third-order valence-electron chi connectivity index (χ3n) is 3.25. The molecule has 0 aromatic carbocycles. The van der Waals surface area contributed by atoms with E-state index in [-0.39, 0.29) is 17.7 Å². The van der Waals surface area contributed by atoms with Crippen LogP contribution in [0.5, 0.6) is 0 Å². The lowest BCUT2D eigenvalue weighted by Crippen LogP contribution is -2.45. The van der Waals surface area contributed by atoms with Gasteiger partial charge < -0.3 is 19.5 Å². The summed E-state index contributed by atoms with van der Waals surface area (Å²) in [6, 6.07) is 1.29. The van der Waals surface area contributed by atoms with E-state index in [1.807, 2.05) is 0 Å². The fraction of sp³-hybridized carbons (Fsp3) is 0.583. The first kappa shape index (κ1) is 14.5. The third kappa shape index (κ3) is 3.14. The molecule has 2 rings (SSSR count). The molecular formula is C12H18N4O4. The van der Waals surface area contributed by atoms with E-state index in [1.165, 1.54) is 21.7 Å². The lowest BCUT2D eigenvalue weighted by Gasteiger charge is -2.28. The van der Waals surface area contributed by atoms with Crippen molar-refractivity contribution in [1.82, 2.24) is 14.8 Å². The quantitative estimate of drug-likeness (QED) is 0.620. The van der Waals surface area contributed by atoms with Gasteiger partial charge in [0.05, 0.1) is 23.8 Å². The zero-order valence-corrected chi connectivity index (χ0v) is 11.5. The molecule has 1 amide bonds. The van der Waals surface area contributed by atoms with E-state index in [1.54, 1.807) is 14.1 Å². The second-order valence-corrected chi connectivity index (χ2v) is 4.83. The smallest absolute Gasteiger partial charge is 0.287 e. The number of aromatic nitrogens is 1. The summed E-state index contributed by atoms with van der Waals surface area (Å²) < 4.78 is 7.01. The number of ether oxygens (including phenoxy) is 1. The number of aryl methyl sites for hydroxylation is 1. The summed E-state index contributed by atoms with van der Waals surface area (Å²) in [6.45, 7) is 2.59. The number of nitrogens with one attached hydrogen (secondary N) is 1. The molecule has 1 aliphatic heterocycles. The van der Waals surface area contributed by atoms with Crippen LogP contribution < -0.4 is 5.32 Å². The van der Waals surface area contributed by atoms with Crippen molar-refractivity contribution in [3.8, 4) is 0 Å². The van der Waals surface area contributed by atoms with Crippen molar-refractivity contribution in [3.63, 3.8) is 0 Å². The summed E-state index contributed by atoms with van der Waals surface area (Å²) in [4.78, 5) is 24.0. The van der Waals surface area contributed by atoms with Crippen LogP contribution >= 0.6 is 0 Å². The van der Waals surface area contributed by atoms with E-state index in [4.69, 9.17) is 4.74 Å². The number of carbonyl (C=O) groups excluding carboxylic acids is 1. The number of amides is 1. The van der Waals surface area contributed by atoms with Crippen LogP contribution in [0.2, 0.25) is 0 Å². The minimum Gasteiger partial charge on any atom is -0.374 e. The molecule has 8 nitrogen and oxygen atoms in total. The second-order valence-electron chi connectivity index (χ2n) is 4.83. The van der Waals surface area contributed by atoms with Gasteiger partial charge in [-0.1, -0.05) is 0 Å². The van der Waals surface area contributed by atoms with Gasteiger partial charge in [-0.25, -0.2) is 0 Å². The molecule has 1 aromatic heterocycles. The first-order valence-corrected chi connectivity index (χ1v) is 6.37. The summed E-state index contributed by atoms with van der Waals surface area (Å²) in [5.41, 5.74) is 0.211. The minimum absolute atomic E-state index is 0.0482. The Morgan fingerprint density at radius 2 is 2.45 bits per heavy atom. The highest BCUT2D eigenvalue weighted by Gasteiger charge is 2.23. The zero-order valence-electron chi connectivity index (χ0n) is 11.5. The average molecular weight is 282 g/mol. The summed E-state index contributed by atoms with van der Waals surface area (Å²) in [7, 11) is 3.28. The van der Waals surface area contributed by atoms with Gasteiger partial charge in [0.25, 0.3) is 11.6 Å². The van der Waals surface area contributed by atoms with Crippen molar-refractivity contribution in [2.75, 3.05) is 33.3 Å². The maximum absolute atomic E-state index is 12.3. The van der Waals surface area contributed by atoms with Crippen LogP contribution in [0.4, 0.5) is 5.69 Å². The zero-order chi connectivity index (χ0) is 14.7. The molecule has 2 heterocycles. The molecule has 1 aromatic rings. The number of hydrogen-bond acceptors (Lipinski definition) is 5. The highest BCUT2D eigenvalue weighted by Crippen LogP contribution is 2.16. The first-order chi connectivity index (χ1) is 9.49. The SMILES string of the molecule is CN(CC1CNCCO1)C(=O)c1cc([N+](=O)[O-])cn1C. The standard InChI is InChI=1S/C12H18N4O4/c1-14-7-9(16(18)19)5-11(14)12(17)15(2)8-10-6-13-3-4-20-10/h5,7,10,13H,3-4,6,8H2,1-2H3. The highest BCUT2D eigenvalue weighted by molar-refractivity contribution is 5.93. The number of morpholine rings is 1. The van der Waals surface area contributed by atoms with Crippen molar-refractivity contribution in [2.24, 2.45) is 7.05 Å². The Kier molecular flexibility index (Phi) is 4.35. The van der Waals surface area contributed by atoms with E-state index in [9.17, 15) is 14.9 Å². The van der Waals surface area contributed by atoms with Crippen LogP contribution in [0, 0.1) is 10.1 Å². The first-order valence-electron chi connectivity index (χ1n) is 6.37. The largest absolute Gasteiger partial charge is 0.374 e. The topological polar surface area (TPSA) is 89.6 Å². The highest BCUT2D eigenvalue weighted by atomic mass is 16.6. The monoisotopic (exact) mass is 282 g/mol. The van der Waals surface area contributed by atoms with Gasteiger partial charge in [0.15, 0.2) is 0 Å². The predicted octanol–water partition coefficient (Wildman–Crippen LogP) is -0.00630. The van der Waals surface area contributed by atoms with Crippen LogP contribution in [0.3, 0.4) is 0 Å². The fourth-order valence-corrected chi connectivity index (χ4v) is 2.18. The van der Waals surface area contributed by atoms with Gasteiger partial charge >= 0.3 is 0 Å². The van der Waals surface area contributed by atoms with Gasteiger partial charge in [-0.05, 0) is 0 Å². The van der Waals surface area contributed by atoms with E-state index in [0.29, 0.717) is 25.4 Å². The molecule has 110 valence electrons. The van der Waals surface area contributed by atoms with Gasteiger partial charge in [0, 0.05) is 39.8 Å². The Bertz CT molecular complexity index is 508. The summed E-state index contributed by atoms with van der Waals surface area (Å²) >= 11 is 0. The molecule has 8 heteroatoms. The van der Waals surface area contributed by atoms with Crippen molar-refractivity contribution in [1.29, 1.82) is 0 Å². The third-order valence-corrected chi connectivity index (χ3v) is 3.25. The molecule has 1 unspecified atom stereocenters. The van der Waals surface area contributed by atoms with Gasteiger partial charge in [-0.15, -0.1) is 0 Å². The number of nitrogens with zero attached hydrogens (tertiary/aromatic N) is 3. The van der Waals surface area contributed by atoms with Crippen LogP contribution in [0.1, 0.15) is 10.5 Å². The van der Waals surface area contributed by atoms with E-state index in [2.05, 4.69) is 5.32 Å². The molecule has 0 radical (unpaired) electrons. The Labute approximate surface area is 116 Å². The van der Waals surface area contributed by atoms with Crippen LogP contribution in [0.25, 0.3) is 0 Å². The molecule has 1 aliphatic rings. The minimum atomic E-state index is -0.509. The Morgan fingerprint density at radius 3 is 3.00 bits per heavy atom. The maximum Gasteiger partial charge on any atom is 0.287 e. The molecule has 1 atom stereocenters. The Balaban J connectivity index is 2.04. The average Bonchev–Trinajstić information content (AvgIpc) is 2.81. The van der Waals surface area contributed by atoms with Crippen molar-refractivity contribution in [2.45, 2.75) is 6.10 Å². The molecule has 20 heavy (non-hydrogen) atoms. The van der Waals surface area contributed by atoms with Crippen molar-refractivity contribution in [3.05, 3.63) is 28.1 Å². The Hall–Kier alpha value is -1.93. The second kappa shape index (κ2) is 6.02. The summed E-state index contributed by atoms with van der Waals surface area (Å²) in [6.07, 6.45) is 1.28. The van der Waals surface area contributed by atoms with Crippen molar-refractivity contribution < 1.29 is 14.5 Å².